The standard InChI is InChI=1S/C25H43NO5/c1-7-10-11-12-13-19-14-16-20(17-15-19)18-21(26-24(28)31-25(4,5)6)22(27)23(29-8-2)30-9-3/h14-17,21-23,27H,7-13,18H2,1-6H3,(H,26,28). The fourth-order valence-corrected chi connectivity index (χ4v) is 3.33. The van der Waals surface area contributed by atoms with Gasteiger partial charge in [0.15, 0.2) is 6.29 Å². The summed E-state index contributed by atoms with van der Waals surface area (Å²) in [5.41, 5.74) is 1.70. The van der Waals surface area contributed by atoms with E-state index < -0.39 is 30.1 Å². The molecule has 0 radical (unpaired) electrons. The lowest BCUT2D eigenvalue weighted by molar-refractivity contribution is -0.195. The third-order valence-corrected chi connectivity index (χ3v) is 4.85. The maximum Gasteiger partial charge on any atom is 0.407 e. The molecule has 0 bridgehead atoms. The lowest BCUT2D eigenvalue weighted by Gasteiger charge is -2.31. The minimum Gasteiger partial charge on any atom is -0.444 e. The Balaban J connectivity index is 2.88. The summed E-state index contributed by atoms with van der Waals surface area (Å²) in [6.07, 6.45) is 4.02. The number of rotatable bonds is 14. The zero-order chi connectivity index (χ0) is 23.3. The highest BCUT2D eigenvalue weighted by atomic mass is 16.7. The van der Waals surface area contributed by atoms with Crippen molar-refractivity contribution in [3.8, 4) is 0 Å². The summed E-state index contributed by atoms with van der Waals surface area (Å²) in [5.74, 6) is 0. The molecule has 0 spiro atoms. The van der Waals surface area contributed by atoms with Gasteiger partial charge in [-0.15, -0.1) is 0 Å². The van der Waals surface area contributed by atoms with E-state index in [1.54, 1.807) is 20.8 Å². The van der Waals surface area contributed by atoms with E-state index in [2.05, 4.69) is 36.5 Å². The van der Waals surface area contributed by atoms with Gasteiger partial charge in [-0.2, -0.15) is 0 Å². The van der Waals surface area contributed by atoms with Gasteiger partial charge in [-0.25, -0.2) is 4.79 Å². The third-order valence-electron chi connectivity index (χ3n) is 4.85. The van der Waals surface area contributed by atoms with Crippen molar-refractivity contribution in [3.05, 3.63) is 35.4 Å². The predicted molar refractivity (Wildman–Crippen MR) is 124 cm³/mol. The minimum atomic E-state index is -1.04. The molecule has 0 aliphatic rings. The minimum absolute atomic E-state index is 0.396. The molecule has 1 rings (SSSR count). The van der Waals surface area contributed by atoms with Gasteiger partial charge >= 0.3 is 6.09 Å². The number of aliphatic hydroxyl groups excluding tert-OH is 1. The first kappa shape index (κ1) is 27.4. The van der Waals surface area contributed by atoms with Crippen molar-refractivity contribution in [2.24, 2.45) is 0 Å². The highest BCUT2D eigenvalue weighted by Gasteiger charge is 2.31. The number of ether oxygens (including phenoxy) is 3. The molecular formula is C25H43NO5. The third kappa shape index (κ3) is 11.5. The van der Waals surface area contributed by atoms with Crippen LogP contribution in [0, 0.1) is 0 Å². The Hall–Kier alpha value is -1.63. The second-order valence-electron chi connectivity index (χ2n) is 8.85. The number of aryl methyl sites for hydroxylation is 1. The molecule has 0 saturated carbocycles. The molecule has 31 heavy (non-hydrogen) atoms. The lowest BCUT2D eigenvalue weighted by atomic mass is 9.98. The van der Waals surface area contributed by atoms with Crippen molar-refractivity contribution in [2.45, 2.75) is 104 Å². The first-order valence-corrected chi connectivity index (χ1v) is 11.7. The molecule has 0 aliphatic heterocycles. The van der Waals surface area contributed by atoms with Crippen LogP contribution < -0.4 is 5.32 Å². The quantitative estimate of drug-likeness (QED) is 0.316. The van der Waals surface area contributed by atoms with Gasteiger partial charge in [-0.1, -0.05) is 50.5 Å². The molecule has 178 valence electrons. The largest absolute Gasteiger partial charge is 0.444 e. The Kier molecular flexibility index (Phi) is 12.8. The molecule has 1 amide bonds. The van der Waals surface area contributed by atoms with E-state index in [1.807, 2.05) is 13.8 Å². The van der Waals surface area contributed by atoms with Crippen LogP contribution in [-0.4, -0.2) is 48.5 Å². The summed E-state index contributed by atoms with van der Waals surface area (Å²) >= 11 is 0. The fraction of sp³-hybridized carbons (Fsp3) is 0.720. The van der Waals surface area contributed by atoms with Crippen LogP contribution in [0.5, 0.6) is 0 Å². The molecule has 6 heteroatoms. The number of benzene rings is 1. The maximum atomic E-state index is 12.4. The molecule has 6 nitrogen and oxygen atoms in total. The topological polar surface area (TPSA) is 77.0 Å². The molecule has 0 fully saturated rings. The van der Waals surface area contributed by atoms with E-state index in [0.717, 1.165) is 12.0 Å². The summed E-state index contributed by atoms with van der Waals surface area (Å²) < 4.78 is 16.5. The van der Waals surface area contributed by atoms with Crippen molar-refractivity contribution >= 4 is 6.09 Å². The number of unbranched alkanes of at least 4 members (excludes halogenated alkanes) is 3. The zero-order valence-electron chi connectivity index (χ0n) is 20.3. The molecule has 0 heterocycles. The van der Waals surface area contributed by atoms with Gasteiger partial charge in [0.2, 0.25) is 0 Å². The van der Waals surface area contributed by atoms with Crippen molar-refractivity contribution in [1.82, 2.24) is 5.32 Å². The van der Waals surface area contributed by atoms with Gasteiger partial charge in [-0.3, -0.25) is 0 Å². The van der Waals surface area contributed by atoms with Gasteiger partial charge in [0.05, 0.1) is 6.04 Å². The average molecular weight is 438 g/mol. The zero-order valence-corrected chi connectivity index (χ0v) is 20.3. The molecule has 0 aromatic heterocycles. The summed E-state index contributed by atoms with van der Waals surface area (Å²) in [4.78, 5) is 12.4. The molecule has 2 N–H and O–H groups in total. The van der Waals surface area contributed by atoms with Crippen LogP contribution in [-0.2, 0) is 27.1 Å². The van der Waals surface area contributed by atoms with Gasteiger partial charge in [0.1, 0.15) is 11.7 Å². The van der Waals surface area contributed by atoms with Crippen LogP contribution in [0.1, 0.15) is 78.4 Å². The number of hydrogen-bond donors (Lipinski definition) is 2. The van der Waals surface area contributed by atoms with Gasteiger partial charge < -0.3 is 24.6 Å². The van der Waals surface area contributed by atoms with Gasteiger partial charge in [-0.05, 0) is 65.0 Å². The number of nitrogens with one attached hydrogen (secondary N) is 1. The van der Waals surface area contributed by atoms with Crippen LogP contribution in [0.25, 0.3) is 0 Å². The number of hydrogen-bond acceptors (Lipinski definition) is 5. The average Bonchev–Trinajstić information content (AvgIpc) is 2.70. The SMILES string of the molecule is CCCCCCc1ccc(CC(NC(=O)OC(C)(C)C)C(O)C(OCC)OCC)cc1. The molecule has 1 aromatic rings. The summed E-state index contributed by atoms with van der Waals surface area (Å²) in [6.45, 7) is 12.1. The van der Waals surface area contributed by atoms with E-state index in [0.29, 0.717) is 19.6 Å². The number of carbonyl (C=O) groups excluding carboxylic acids is 1. The fourth-order valence-electron chi connectivity index (χ4n) is 3.33. The second kappa shape index (κ2) is 14.4. The van der Waals surface area contributed by atoms with Crippen molar-refractivity contribution in [2.75, 3.05) is 13.2 Å². The van der Waals surface area contributed by atoms with Gasteiger partial charge in [0, 0.05) is 13.2 Å². The van der Waals surface area contributed by atoms with E-state index in [4.69, 9.17) is 14.2 Å². The summed E-state index contributed by atoms with van der Waals surface area (Å²) in [6, 6.07) is 7.75. The van der Waals surface area contributed by atoms with Crippen LogP contribution >= 0.6 is 0 Å². The van der Waals surface area contributed by atoms with Crippen LogP contribution in [0.3, 0.4) is 0 Å². The number of alkyl carbamates (subject to hydrolysis) is 1. The monoisotopic (exact) mass is 437 g/mol. The second-order valence-corrected chi connectivity index (χ2v) is 8.85. The first-order valence-electron chi connectivity index (χ1n) is 11.7. The Morgan fingerprint density at radius 3 is 2.06 bits per heavy atom. The highest BCUT2D eigenvalue weighted by Crippen LogP contribution is 2.16. The summed E-state index contributed by atoms with van der Waals surface area (Å²) in [5, 5.41) is 13.8. The van der Waals surface area contributed by atoms with Crippen molar-refractivity contribution < 1.29 is 24.1 Å². The number of amides is 1. The molecule has 2 unspecified atom stereocenters. The molecular weight excluding hydrogens is 394 g/mol. The molecule has 1 aromatic carbocycles. The van der Waals surface area contributed by atoms with Crippen LogP contribution in [0.2, 0.25) is 0 Å². The lowest BCUT2D eigenvalue weighted by Crippen LogP contribution is -2.52. The van der Waals surface area contributed by atoms with Crippen molar-refractivity contribution in [3.63, 3.8) is 0 Å². The highest BCUT2D eigenvalue weighted by molar-refractivity contribution is 5.68. The van der Waals surface area contributed by atoms with E-state index in [-0.39, 0.29) is 0 Å². The normalized spacial score (nSPS) is 13.8. The van der Waals surface area contributed by atoms with Crippen LogP contribution in [0.4, 0.5) is 4.79 Å². The molecule has 0 aliphatic carbocycles. The maximum absolute atomic E-state index is 12.4. The molecule has 2 atom stereocenters. The first-order chi connectivity index (χ1) is 14.7. The Bertz CT molecular complexity index is 605. The summed E-state index contributed by atoms with van der Waals surface area (Å²) in [7, 11) is 0. The number of aliphatic hydroxyl groups is 1. The van der Waals surface area contributed by atoms with E-state index in [9.17, 15) is 9.90 Å². The Morgan fingerprint density at radius 1 is 0.968 bits per heavy atom. The Labute approximate surface area is 188 Å². The van der Waals surface area contributed by atoms with E-state index in [1.165, 1.54) is 31.2 Å². The van der Waals surface area contributed by atoms with Crippen LogP contribution in [0.15, 0.2) is 24.3 Å². The molecule has 0 saturated heterocycles. The van der Waals surface area contributed by atoms with E-state index >= 15 is 0 Å². The van der Waals surface area contributed by atoms with Crippen molar-refractivity contribution in [1.29, 1.82) is 0 Å². The number of carbonyl (C=O) groups is 1. The predicted octanol–water partition coefficient (Wildman–Crippen LogP) is 5.01. The van der Waals surface area contributed by atoms with Gasteiger partial charge in [0.25, 0.3) is 0 Å². The Morgan fingerprint density at radius 2 is 1.55 bits per heavy atom. The smallest absolute Gasteiger partial charge is 0.407 e.